The Bertz CT molecular complexity index is 261. The van der Waals surface area contributed by atoms with Gasteiger partial charge in [0.25, 0.3) is 0 Å². The third-order valence-corrected chi connectivity index (χ3v) is 3.17. The van der Waals surface area contributed by atoms with Gasteiger partial charge < -0.3 is 5.73 Å². The molecule has 0 bridgehead atoms. The molecule has 0 aliphatic rings. The Hall–Kier alpha value is -0.620. The second kappa shape index (κ2) is 5.18. The molecule has 0 radical (unpaired) electrons. The molecular formula is C7H17N3O2S. The summed E-state index contributed by atoms with van der Waals surface area (Å²) in [5, 5.41) is 7.11. The van der Waals surface area contributed by atoms with Crippen molar-refractivity contribution in [2.75, 3.05) is 5.75 Å². The van der Waals surface area contributed by atoms with Gasteiger partial charge in [0.2, 0.25) is 10.0 Å². The van der Waals surface area contributed by atoms with Crippen molar-refractivity contribution >= 4 is 15.9 Å². The third-order valence-electron chi connectivity index (χ3n) is 1.58. The average Bonchev–Trinajstić information content (AvgIpc) is 1.99. The van der Waals surface area contributed by atoms with Crippen LogP contribution in [0.2, 0.25) is 0 Å². The summed E-state index contributed by atoms with van der Waals surface area (Å²) in [6.07, 6.45) is 1.06. The highest BCUT2D eigenvalue weighted by Gasteiger charge is 2.17. The molecule has 0 spiro atoms. The van der Waals surface area contributed by atoms with Crippen LogP contribution in [0.25, 0.3) is 0 Å². The normalized spacial score (nSPS) is 14.0. The topological polar surface area (TPSA) is 96.0 Å². The molecule has 1 atom stereocenters. The standard InChI is InChI=1S/C7H17N3O2S/c1-3-5-13(11,12)10-6(4-2)7(8)9/h6,10H,3-5H2,1-2H3,(H3,8,9). The summed E-state index contributed by atoms with van der Waals surface area (Å²) in [5.41, 5.74) is 5.21. The van der Waals surface area contributed by atoms with Crippen LogP contribution in [0.15, 0.2) is 0 Å². The number of nitrogens with one attached hydrogen (secondary N) is 2. The van der Waals surface area contributed by atoms with Gasteiger partial charge in [0, 0.05) is 0 Å². The molecule has 5 nitrogen and oxygen atoms in total. The lowest BCUT2D eigenvalue weighted by atomic mass is 10.2. The highest BCUT2D eigenvalue weighted by Crippen LogP contribution is 1.96. The maximum absolute atomic E-state index is 11.2. The largest absolute Gasteiger partial charge is 0.386 e. The van der Waals surface area contributed by atoms with E-state index in [4.69, 9.17) is 11.1 Å². The molecule has 0 rings (SSSR count). The number of amidine groups is 1. The lowest BCUT2D eigenvalue weighted by Crippen LogP contribution is -2.44. The van der Waals surface area contributed by atoms with Crippen LogP contribution in [0.3, 0.4) is 0 Å². The van der Waals surface area contributed by atoms with Gasteiger partial charge >= 0.3 is 0 Å². The maximum Gasteiger partial charge on any atom is 0.212 e. The van der Waals surface area contributed by atoms with E-state index in [1.165, 1.54) is 0 Å². The van der Waals surface area contributed by atoms with E-state index in [0.29, 0.717) is 12.8 Å². The fourth-order valence-corrected chi connectivity index (χ4v) is 2.29. The van der Waals surface area contributed by atoms with Gasteiger partial charge in [-0.3, -0.25) is 5.41 Å². The van der Waals surface area contributed by atoms with E-state index < -0.39 is 16.1 Å². The van der Waals surface area contributed by atoms with Gasteiger partial charge in [0.1, 0.15) is 5.84 Å². The Kier molecular flexibility index (Phi) is 4.94. The zero-order valence-electron chi connectivity index (χ0n) is 8.00. The first kappa shape index (κ1) is 12.4. The summed E-state index contributed by atoms with van der Waals surface area (Å²) in [6, 6.07) is -0.559. The monoisotopic (exact) mass is 207 g/mol. The number of nitrogens with two attached hydrogens (primary N) is 1. The first-order valence-electron chi connectivity index (χ1n) is 4.26. The molecule has 0 saturated carbocycles. The van der Waals surface area contributed by atoms with Crippen molar-refractivity contribution in [1.29, 1.82) is 5.41 Å². The van der Waals surface area contributed by atoms with E-state index >= 15 is 0 Å². The van der Waals surface area contributed by atoms with Crippen LogP contribution < -0.4 is 10.5 Å². The predicted octanol–water partition coefficient (Wildman–Crippen LogP) is 0.0304. The van der Waals surface area contributed by atoms with Gasteiger partial charge in [-0.25, -0.2) is 13.1 Å². The van der Waals surface area contributed by atoms with Crippen molar-refractivity contribution in [2.45, 2.75) is 32.7 Å². The molecule has 0 heterocycles. The molecule has 1 unspecified atom stereocenters. The Morgan fingerprint density at radius 2 is 2.08 bits per heavy atom. The van der Waals surface area contributed by atoms with Crippen molar-refractivity contribution in [3.8, 4) is 0 Å². The van der Waals surface area contributed by atoms with Gasteiger partial charge in [-0.05, 0) is 12.8 Å². The van der Waals surface area contributed by atoms with Crippen LogP contribution in [-0.4, -0.2) is 26.0 Å². The fraction of sp³-hybridized carbons (Fsp3) is 0.857. The number of rotatable bonds is 6. The Morgan fingerprint density at radius 3 is 2.38 bits per heavy atom. The molecule has 0 amide bonds. The van der Waals surface area contributed by atoms with Gasteiger partial charge in [-0.1, -0.05) is 13.8 Å². The van der Waals surface area contributed by atoms with Crippen molar-refractivity contribution in [2.24, 2.45) is 5.73 Å². The molecule has 6 heteroatoms. The van der Waals surface area contributed by atoms with Crippen LogP contribution in [0, 0.1) is 5.41 Å². The maximum atomic E-state index is 11.2. The van der Waals surface area contributed by atoms with E-state index in [2.05, 4.69) is 4.72 Å². The first-order chi connectivity index (χ1) is 5.93. The summed E-state index contributed by atoms with van der Waals surface area (Å²) in [7, 11) is -3.26. The van der Waals surface area contributed by atoms with Crippen molar-refractivity contribution < 1.29 is 8.42 Å². The summed E-state index contributed by atoms with van der Waals surface area (Å²) in [6.45, 7) is 3.56. The molecule has 0 aliphatic heterocycles. The molecule has 78 valence electrons. The summed E-state index contributed by atoms with van der Waals surface area (Å²) < 4.78 is 24.8. The molecule has 0 aromatic heterocycles. The Balaban J connectivity index is 4.31. The molecule has 13 heavy (non-hydrogen) atoms. The van der Waals surface area contributed by atoms with Gasteiger partial charge in [0.15, 0.2) is 0 Å². The summed E-state index contributed by atoms with van der Waals surface area (Å²) in [4.78, 5) is 0. The van der Waals surface area contributed by atoms with E-state index in [1.54, 1.807) is 13.8 Å². The Morgan fingerprint density at radius 1 is 1.54 bits per heavy atom. The van der Waals surface area contributed by atoms with Crippen LogP contribution in [-0.2, 0) is 10.0 Å². The molecule has 0 fully saturated rings. The quantitative estimate of drug-likeness (QED) is 0.423. The lowest BCUT2D eigenvalue weighted by molar-refractivity contribution is 0.570. The fourth-order valence-electron chi connectivity index (χ4n) is 0.911. The highest BCUT2D eigenvalue weighted by atomic mass is 32.2. The molecule has 0 saturated heterocycles. The molecule has 0 aromatic rings. The molecule has 4 N–H and O–H groups in total. The van der Waals surface area contributed by atoms with Gasteiger partial charge in [-0.15, -0.1) is 0 Å². The number of sulfonamides is 1. The minimum atomic E-state index is -3.26. The minimum Gasteiger partial charge on any atom is -0.386 e. The van der Waals surface area contributed by atoms with Crippen LogP contribution in [0.1, 0.15) is 26.7 Å². The smallest absolute Gasteiger partial charge is 0.212 e. The molecular weight excluding hydrogens is 190 g/mol. The van der Waals surface area contributed by atoms with E-state index in [-0.39, 0.29) is 11.6 Å². The predicted molar refractivity (Wildman–Crippen MR) is 53.2 cm³/mol. The molecule has 0 aromatic carbocycles. The van der Waals surface area contributed by atoms with Crippen LogP contribution >= 0.6 is 0 Å². The van der Waals surface area contributed by atoms with Crippen molar-refractivity contribution in [3.63, 3.8) is 0 Å². The average molecular weight is 207 g/mol. The Labute approximate surface area is 79.3 Å². The van der Waals surface area contributed by atoms with E-state index in [1.807, 2.05) is 0 Å². The SMILES string of the molecule is CCCS(=O)(=O)NC(CC)C(=N)N. The summed E-state index contributed by atoms with van der Waals surface area (Å²) in [5.74, 6) is -0.0567. The van der Waals surface area contributed by atoms with Crippen LogP contribution in [0.4, 0.5) is 0 Å². The lowest BCUT2D eigenvalue weighted by Gasteiger charge is -2.14. The first-order valence-corrected chi connectivity index (χ1v) is 5.92. The minimum absolute atomic E-state index is 0.0801. The highest BCUT2D eigenvalue weighted by molar-refractivity contribution is 7.89. The second-order valence-electron chi connectivity index (χ2n) is 2.85. The molecule has 0 aliphatic carbocycles. The zero-order valence-corrected chi connectivity index (χ0v) is 8.82. The summed E-state index contributed by atoms with van der Waals surface area (Å²) >= 11 is 0. The zero-order chi connectivity index (χ0) is 10.5. The number of hydrogen-bond acceptors (Lipinski definition) is 3. The van der Waals surface area contributed by atoms with Crippen molar-refractivity contribution in [3.05, 3.63) is 0 Å². The van der Waals surface area contributed by atoms with Gasteiger partial charge in [-0.2, -0.15) is 0 Å². The van der Waals surface area contributed by atoms with Crippen LogP contribution in [0.5, 0.6) is 0 Å². The number of hydrogen-bond donors (Lipinski definition) is 3. The second-order valence-corrected chi connectivity index (χ2v) is 4.73. The van der Waals surface area contributed by atoms with E-state index in [9.17, 15) is 8.42 Å². The van der Waals surface area contributed by atoms with Gasteiger partial charge in [0.05, 0.1) is 11.8 Å². The van der Waals surface area contributed by atoms with E-state index in [0.717, 1.165) is 0 Å². The van der Waals surface area contributed by atoms with Crippen molar-refractivity contribution in [1.82, 2.24) is 4.72 Å². The third kappa shape index (κ3) is 4.84.